The third-order valence-corrected chi connectivity index (χ3v) is 8.84. The number of hydrogen-bond acceptors (Lipinski definition) is 5. The summed E-state index contributed by atoms with van der Waals surface area (Å²) in [6.45, 7) is 10.2. The zero-order valence-corrected chi connectivity index (χ0v) is 23.4. The first-order valence-corrected chi connectivity index (χ1v) is 13.4. The van der Waals surface area contributed by atoms with Crippen LogP contribution < -0.4 is 5.32 Å². The van der Waals surface area contributed by atoms with E-state index >= 15 is 0 Å². The molecular formula is C27H39BrN2O5. The molecule has 1 unspecified atom stereocenters. The second-order valence-electron chi connectivity index (χ2n) is 10.6. The topological polar surface area (TPSA) is 84.9 Å². The zero-order valence-electron chi connectivity index (χ0n) is 21.8. The fraction of sp³-hybridized carbons (Fsp3) is 0.667. The molecule has 0 spiro atoms. The van der Waals surface area contributed by atoms with Crippen LogP contribution >= 0.6 is 15.9 Å². The molecule has 0 bridgehead atoms. The minimum absolute atomic E-state index is 0.106. The highest BCUT2D eigenvalue weighted by molar-refractivity contribution is 9.10. The number of nitrogens with one attached hydrogen (secondary N) is 1. The van der Waals surface area contributed by atoms with E-state index in [0.29, 0.717) is 19.4 Å². The summed E-state index contributed by atoms with van der Waals surface area (Å²) in [5.74, 6) is -0.930. The van der Waals surface area contributed by atoms with Crippen molar-refractivity contribution in [3.63, 3.8) is 0 Å². The van der Waals surface area contributed by atoms with Gasteiger partial charge in [-0.05, 0) is 68.6 Å². The molecule has 35 heavy (non-hydrogen) atoms. The van der Waals surface area contributed by atoms with Crippen molar-refractivity contribution in [2.24, 2.45) is 5.92 Å². The van der Waals surface area contributed by atoms with Crippen molar-refractivity contribution in [3.05, 3.63) is 33.8 Å². The summed E-state index contributed by atoms with van der Waals surface area (Å²) < 4.78 is 11.8. The third-order valence-electron chi connectivity index (χ3n) is 7.95. The van der Waals surface area contributed by atoms with Crippen LogP contribution in [-0.2, 0) is 24.5 Å². The molecule has 2 aliphatic rings. The molecule has 2 fully saturated rings. The van der Waals surface area contributed by atoms with Crippen LogP contribution in [0.25, 0.3) is 0 Å². The minimum atomic E-state index is -1.19. The smallest absolute Gasteiger partial charge is 0.408 e. The van der Waals surface area contributed by atoms with Gasteiger partial charge in [-0.25, -0.2) is 9.59 Å². The van der Waals surface area contributed by atoms with E-state index in [1.54, 1.807) is 4.90 Å². The number of nitrogens with zero attached hydrogens (tertiary/aromatic N) is 1. The van der Waals surface area contributed by atoms with Gasteiger partial charge in [-0.15, -0.1) is 0 Å². The lowest BCUT2D eigenvalue weighted by Crippen LogP contribution is -2.64. The number of amides is 2. The maximum Gasteiger partial charge on any atom is 0.408 e. The Morgan fingerprint density at radius 3 is 2.46 bits per heavy atom. The molecule has 1 aromatic carbocycles. The number of hydrogen-bond donors (Lipinski definition) is 1. The number of alkyl carbamates (subject to hydrolysis) is 1. The number of carbonyl (C=O) groups is 3. The number of ether oxygens (including phenoxy) is 2. The normalized spacial score (nSPS) is 24.3. The Balaban J connectivity index is 1.93. The van der Waals surface area contributed by atoms with Gasteiger partial charge >= 0.3 is 12.1 Å². The first kappa shape index (κ1) is 27.5. The third kappa shape index (κ3) is 5.52. The maximum absolute atomic E-state index is 14.2. The van der Waals surface area contributed by atoms with E-state index in [-0.39, 0.29) is 17.9 Å². The Bertz CT molecular complexity index is 961. The fourth-order valence-corrected chi connectivity index (χ4v) is 5.84. The largest absolute Gasteiger partial charge is 0.467 e. The van der Waals surface area contributed by atoms with Crippen molar-refractivity contribution < 1.29 is 23.9 Å². The van der Waals surface area contributed by atoms with Crippen LogP contribution in [0.2, 0.25) is 0 Å². The van der Waals surface area contributed by atoms with Gasteiger partial charge in [-0.2, -0.15) is 0 Å². The van der Waals surface area contributed by atoms with Gasteiger partial charge in [0.05, 0.1) is 7.11 Å². The van der Waals surface area contributed by atoms with E-state index in [4.69, 9.17) is 9.47 Å². The van der Waals surface area contributed by atoms with Gasteiger partial charge in [-0.1, -0.05) is 55.8 Å². The molecule has 2 amide bonds. The second kappa shape index (κ2) is 10.9. The zero-order chi connectivity index (χ0) is 26.0. The Labute approximate surface area is 217 Å². The first-order valence-electron chi connectivity index (χ1n) is 12.6. The molecular weight excluding hydrogens is 512 g/mol. The molecule has 0 aromatic heterocycles. The van der Waals surface area contributed by atoms with Crippen LogP contribution in [0.1, 0.15) is 77.3 Å². The van der Waals surface area contributed by atoms with Crippen molar-refractivity contribution in [3.8, 4) is 0 Å². The number of esters is 1. The van der Waals surface area contributed by atoms with Crippen LogP contribution in [-0.4, -0.2) is 54.2 Å². The molecule has 1 aromatic rings. The molecule has 1 aliphatic carbocycles. The van der Waals surface area contributed by atoms with Gasteiger partial charge in [0.1, 0.15) is 17.7 Å². The second-order valence-corrected chi connectivity index (χ2v) is 11.5. The predicted octanol–water partition coefficient (Wildman–Crippen LogP) is 5.26. The van der Waals surface area contributed by atoms with Crippen LogP contribution in [0.15, 0.2) is 22.7 Å². The van der Waals surface area contributed by atoms with Crippen molar-refractivity contribution >= 4 is 33.9 Å². The highest BCUT2D eigenvalue weighted by Crippen LogP contribution is 2.41. The number of likely N-dealkylation sites (tertiary alicyclic amines) is 1. The monoisotopic (exact) mass is 550 g/mol. The average Bonchev–Trinajstić information content (AvgIpc) is 3.46. The molecule has 1 aliphatic heterocycles. The van der Waals surface area contributed by atoms with Gasteiger partial charge in [0.25, 0.3) is 0 Å². The molecule has 194 valence electrons. The Hall–Kier alpha value is -2.09. The van der Waals surface area contributed by atoms with Crippen LogP contribution in [0.4, 0.5) is 4.79 Å². The van der Waals surface area contributed by atoms with E-state index in [9.17, 15) is 14.4 Å². The van der Waals surface area contributed by atoms with E-state index in [1.165, 1.54) is 7.11 Å². The van der Waals surface area contributed by atoms with Crippen LogP contribution in [0.3, 0.4) is 0 Å². The Morgan fingerprint density at radius 2 is 1.91 bits per heavy atom. The summed E-state index contributed by atoms with van der Waals surface area (Å²) in [7, 11) is 1.34. The number of aryl methyl sites for hydroxylation is 1. The molecule has 7 nitrogen and oxygen atoms in total. The quantitative estimate of drug-likeness (QED) is 0.468. The van der Waals surface area contributed by atoms with Gasteiger partial charge in [0, 0.05) is 16.4 Å². The Morgan fingerprint density at radius 1 is 1.26 bits per heavy atom. The molecule has 8 heteroatoms. The van der Waals surface area contributed by atoms with E-state index in [0.717, 1.165) is 41.3 Å². The molecule has 1 saturated carbocycles. The highest BCUT2D eigenvalue weighted by atomic mass is 79.9. The van der Waals surface area contributed by atoms with Crippen molar-refractivity contribution in [2.75, 3.05) is 13.7 Å². The number of carbonyl (C=O) groups excluding carboxylic acids is 3. The molecule has 1 heterocycles. The van der Waals surface area contributed by atoms with Gasteiger partial charge < -0.3 is 19.7 Å². The van der Waals surface area contributed by atoms with Crippen LogP contribution in [0.5, 0.6) is 0 Å². The van der Waals surface area contributed by atoms with Crippen LogP contribution in [0, 0.1) is 12.8 Å². The lowest BCUT2D eigenvalue weighted by atomic mass is 9.80. The number of rotatable bonds is 7. The van der Waals surface area contributed by atoms with Crippen molar-refractivity contribution in [2.45, 2.75) is 96.2 Å². The summed E-state index contributed by atoms with van der Waals surface area (Å²) in [4.78, 5) is 41.6. The van der Waals surface area contributed by atoms with Gasteiger partial charge in [0.15, 0.2) is 0 Å². The summed E-state index contributed by atoms with van der Waals surface area (Å²) >= 11 is 3.55. The Kier molecular flexibility index (Phi) is 8.56. The summed E-state index contributed by atoms with van der Waals surface area (Å²) in [5, 5.41) is 2.93. The lowest BCUT2D eigenvalue weighted by molar-refractivity contribution is -0.154. The molecule has 1 saturated heterocycles. The number of halogens is 1. The standard InChI is InChI=1S/C27H39BrN2O5/c1-7-27(17(2)3,29-25(33)35-20-10-8-9-11-20)24(32)30-16-26(5,15-22(30)23(31)34-6)19-12-13-21(28)18(4)14-19/h12-14,17,20,22H,7-11,15-16H2,1-6H3,(H,29,33)/t22-,26+,27?/m0/s1. The minimum Gasteiger partial charge on any atom is -0.467 e. The highest BCUT2D eigenvalue weighted by Gasteiger charge is 2.53. The van der Waals surface area contributed by atoms with Gasteiger partial charge in [0.2, 0.25) is 5.91 Å². The lowest BCUT2D eigenvalue weighted by Gasteiger charge is -2.40. The number of benzene rings is 1. The molecule has 3 rings (SSSR count). The van der Waals surface area contributed by atoms with E-state index in [2.05, 4.69) is 34.2 Å². The van der Waals surface area contributed by atoms with Gasteiger partial charge in [-0.3, -0.25) is 4.79 Å². The van der Waals surface area contributed by atoms with Crippen molar-refractivity contribution in [1.29, 1.82) is 0 Å². The molecule has 0 radical (unpaired) electrons. The van der Waals surface area contributed by atoms with E-state index < -0.39 is 29.1 Å². The average molecular weight is 552 g/mol. The van der Waals surface area contributed by atoms with E-state index in [1.807, 2.05) is 39.8 Å². The fourth-order valence-electron chi connectivity index (χ4n) is 5.59. The summed E-state index contributed by atoms with van der Waals surface area (Å²) in [6.07, 6.45) is 3.93. The number of methoxy groups -OCH3 is 1. The summed E-state index contributed by atoms with van der Waals surface area (Å²) in [6, 6.07) is 5.39. The first-order chi connectivity index (χ1) is 16.5. The van der Waals surface area contributed by atoms with Crippen molar-refractivity contribution in [1.82, 2.24) is 10.2 Å². The SMILES string of the molecule is CCC(NC(=O)OC1CCCC1)(C(=O)N1C[C@](C)(c2ccc(Br)c(C)c2)C[C@H]1C(=O)OC)C(C)C. The maximum atomic E-state index is 14.2. The molecule has 3 atom stereocenters. The molecule has 1 N–H and O–H groups in total. The predicted molar refractivity (Wildman–Crippen MR) is 138 cm³/mol. The summed E-state index contributed by atoms with van der Waals surface area (Å²) in [5.41, 5.74) is 0.510.